The normalized spacial score (nSPS) is 13.7. The molecule has 6 heteroatoms. The first-order chi connectivity index (χ1) is 14.5. The van der Waals surface area contributed by atoms with Crippen molar-refractivity contribution in [1.82, 2.24) is 4.90 Å². The molecule has 0 aliphatic carbocycles. The van der Waals surface area contributed by atoms with E-state index in [2.05, 4.69) is 45.7 Å². The van der Waals surface area contributed by atoms with Crippen LogP contribution in [0.25, 0.3) is 0 Å². The molecule has 2 heterocycles. The molecule has 0 saturated heterocycles. The van der Waals surface area contributed by atoms with E-state index in [0.717, 1.165) is 20.4 Å². The minimum atomic E-state index is -0.125. The largest absolute Gasteiger partial charge is 0.274 e. The lowest BCUT2D eigenvalue weighted by Gasteiger charge is -2.23. The van der Waals surface area contributed by atoms with Crippen LogP contribution in [-0.4, -0.2) is 23.3 Å². The van der Waals surface area contributed by atoms with Gasteiger partial charge in [0, 0.05) is 6.54 Å². The summed E-state index contributed by atoms with van der Waals surface area (Å²) < 4.78 is 1.52. The van der Waals surface area contributed by atoms with E-state index in [0.29, 0.717) is 23.6 Å². The number of imide groups is 1. The zero-order valence-corrected chi connectivity index (χ0v) is 22.6. The first-order valence-corrected chi connectivity index (χ1v) is 14.2. The van der Waals surface area contributed by atoms with E-state index in [9.17, 15) is 9.59 Å². The number of rotatable bonds is 16. The van der Waals surface area contributed by atoms with Gasteiger partial charge in [-0.2, -0.15) is 0 Å². The Balaban J connectivity index is 1.90. The zero-order chi connectivity index (χ0) is 21.9. The van der Waals surface area contributed by atoms with Crippen LogP contribution in [0.5, 0.6) is 0 Å². The molecule has 1 aromatic heterocycles. The Hall–Kier alpha value is -0.200. The summed E-state index contributed by atoms with van der Waals surface area (Å²) in [7, 11) is 0. The molecule has 0 spiro atoms. The smallest absolute Gasteiger partial charge is 0.263 e. The predicted molar refractivity (Wildman–Crippen MR) is 135 cm³/mol. The van der Waals surface area contributed by atoms with Crippen LogP contribution in [-0.2, 0) is 0 Å². The van der Waals surface area contributed by atoms with Crippen molar-refractivity contribution in [2.45, 2.75) is 104 Å². The standard InChI is InChI=1S/C24H37Br2NO2S/c1-3-5-7-9-11-13-15-18(16-14-12-10-8-6-4-2)17-27-23(28)19-20(24(27)29)22(26)30-21(19)25/h18H,3-17H2,1-2H3. The van der Waals surface area contributed by atoms with Crippen molar-refractivity contribution in [2.75, 3.05) is 6.54 Å². The van der Waals surface area contributed by atoms with Gasteiger partial charge in [-0.05, 0) is 50.6 Å². The van der Waals surface area contributed by atoms with E-state index >= 15 is 0 Å². The maximum atomic E-state index is 12.9. The molecule has 0 aromatic carbocycles. The predicted octanol–water partition coefficient (Wildman–Crippen LogP) is 8.99. The third kappa shape index (κ3) is 7.44. The second-order valence-electron chi connectivity index (χ2n) is 8.60. The van der Waals surface area contributed by atoms with Crippen molar-refractivity contribution < 1.29 is 9.59 Å². The molecule has 2 amide bonds. The quantitative estimate of drug-likeness (QED) is 0.149. The monoisotopic (exact) mass is 561 g/mol. The number of unbranched alkanes of at least 4 members (excludes halogenated alkanes) is 10. The molecule has 0 saturated carbocycles. The minimum absolute atomic E-state index is 0.125. The highest BCUT2D eigenvalue weighted by Gasteiger charge is 2.41. The summed E-state index contributed by atoms with van der Waals surface area (Å²) in [5.74, 6) is 0.167. The van der Waals surface area contributed by atoms with E-state index in [1.807, 2.05) is 0 Å². The molecule has 0 atom stereocenters. The first-order valence-electron chi connectivity index (χ1n) is 11.8. The van der Waals surface area contributed by atoms with E-state index in [-0.39, 0.29) is 11.8 Å². The Labute approximate surface area is 203 Å². The van der Waals surface area contributed by atoms with Gasteiger partial charge in [0.1, 0.15) is 0 Å². The van der Waals surface area contributed by atoms with Crippen molar-refractivity contribution in [1.29, 1.82) is 0 Å². The van der Waals surface area contributed by atoms with Gasteiger partial charge in [-0.1, -0.05) is 90.9 Å². The van der Waals surface area contributed by atoms with Gasteiger partial charge in [0.15, 0.2) is 0 Å². The average Bonchev–Trinajstić information content (AvgIpc) is 3.16. The lowest BCUT2D eigenvalue weighted by molar-refractivity contribution is 0.0621. The average molecular weight is 563 g/mol. The lowest BCUT2D eigenvalue weighted by Crippen LogP contribution is -2.35. The van der Waals surface area contributed by atoms with E-state index in [4.69, 9.17) is 0 Å². The van der Waals surface area contributed by atoms with Gasteiger partial charge in [0.05, 0.1) is 18.7 Å². The molecule has 2 rings (SSSR count). The van der Waals surface area contributed by atoms with Gasteiger partial charge in [-0.25, -0.2) is 0 Å². The minimum Gasteiger partial charge on any atom is -0.274 e. The summed E-state index contributed by atoms with van der Waals surface area (Å²) >= 11 is 8.34. The Kier molecular flexibility index (Phi) is 12.2. The fourth-order valence-corrected chi connectivity index (χ4v) is 7.40. The third-order valence-corrected chi connectivity index (χ3v) is 8.64. The van der Waals surface area contributed by atoms with Crippen molar-refractivity contribution in [2.24, 2.45) is 5.92 Å². The summed E-state index contributed by atoms with van der Waals surface area (Å²) in [6.07, 6.45) is 17.6. The molecule has 0 fully saturated rings. The van der Waals surface area contributed by atoms with Crippen LogP contribution in [0, 0.1) is 5.92 Å². The summed E-state index contributed by atoms with van der Waals surface area (Å²) in [6, 6.07) is 0. The van der Waals surface area contributed by atoms with E-state index < -0.39 is 0 Å². The number of fused-ring (bicyclic) bond motifs is 1. The number of halogens is 2. The second-order valence-corrected chi connectivity index (χ2v) is 12.3. The van der Waals surface area contributed by atoms with Crippen molar-refractivity contribution in [3.05, 3.63) is 18.7 Å². The highest BCUT2D eigenvalue weighted by molar-refractivity contribution is 9.12. The highest BCUT2D eigenvalue weighted by atomic mass is 79.9. The van der Waals surface area contributed by atoms with Gasteiger partial charge >= 0.3 is 0 Å². The molecular weight excluding hydrogens is 526 g/mol. The van der Waals surface area contributed by atoms with Crippen molar-refractivity contribution in [3.8, 4) is 0 Å². The molecular formula is C24H37Br2NO2S. The third-order valence-electron chi connectivity index (χ3n) is 6.11. The number of carbonyl (C=O) groups excluding carboxylic acids is 2. The summed E-state index contributed by atoms with van der Waals surface area (Å²) in [6.45, 7) is 5.06. The number of amides is 2. The van der Waals surface area contributed by atoms with Crippen LogP contribution in [0.3, 0.4) is 0 Å². The molecule has 1 aliphatic rings. The number of nitrogens with zero attached hydrogens (tertiary/aromatic N) is 1. The van der Waals surface area contributed by atoms with E-state index in [1.165, 1.54) is 93.3 Å². The van der Waals surface area contributed by atoms with Crippen molar-refractivity contribution >= 4 is 55.0 Å². The van der Waals surface area contributed by atoms with Gasteiger partial charge < -0.3 is 0 Å². The Morgan fingerprint density at radius 1 is 0.700 bits per heavy atom. The number of carbonyl (C=O) groups is 2. The zero-order valence-electron chi connectivity index (χ0n) is 18.6. The van der Waals surface area contributed by atoms with Gasteiger partial charge in [-0.15, -0.1) is 11.3 Å². The van der Waals surface area contributed by atoms with Crippen LogP contribution >= 0.6 is 43.2 Å². The van der Waals surface area contributed by atoms with Gasteiger partial charge in [0.2, 0.25) is 0 Å². The summed E-state index contributed by atoms with van der Waals surface area (Å²) in [5.41, 5.74) is 1.10. The second kappa shape index (κ2) is 14.1. The Morgan fingerprint density at radius 2 is 1.10 bits per heavy atom. The Bertz CT molecular complexity index is 636. The van der Waals surface area contributed by atoms with Crippen molar-refractivity contribution in [3.63, 3.8) is 0 Å². The fraction of sp³-hybridized carbons (Fsp3) is 0.750. The van der Waals surface area contributed by atoms with Gasteiger partial charge in [0.25, 0.3) is 11.8 Å². The molecule has 0 N–H and O–H groups in total. The number of hydrogen-bond acceptors (Lipinski definition) is 3. The van der Waals surface area contributed by atoms with Crippen LogP contribution in [0.2, 0.25) is 0 Å². The number of thiophene rings is 1. The maximum absolute atomic E-state index is 12.9. The SMILES string of the molecule is CCCCCCCCC(CCCCCCCC)CN1C(=O)c2c(Br)sc(Br)c2C1=O. The molecule has 3 nitrogen and oxygen atoms in total. The van der Waals surface area contributed by atoms with Crippen LogP contribution in [0.1, 0.15) is 124 Å². The topological polar surface area (TPSA) is 37.4 Å². The molecule has 0 unspecified atom stereocenters. The van der Waals surface area contributed by atoms with Crippen LogP contribution < -0.4 is 0 Å². The van der Waals surface area contributed by atoms with E-state index in [1.54, 1.807) is 0 Å². The molecule has 0 radical (unpaired) electrons. The summed E-state index contributed by atoms with van der Waals surface area (Å²) in [4.78, 5) is 27.4. The lowest BCUT2D eigenvalue weighted by atomic mass is 9.93. The first kappa shape index (κ1) is 26.1. The molecule has 30 heavy (non-hydrogen) atoms. The molecule has 1 aromatic rings. The maximum Gasteiger partial charge on any atom is 0.263 e. The van der Waals surface area contributed by atoms with Crippen LogP contribution in [0.4, 0.5) is 0 Å². The summed E-state index contributed by atoms with van der Waals surface area (Å²) in [5, 5.41) is 0. The Morgan fingerprint density at radius 3 is 1.53 bits per heavy atom. The fourth-order valence-electron chi connectivity index (χ4n) is 4.30. The van der Waals surface area contributed by atoms with Crippen LogP contribution in [0.15, 0.2) is 7.57 Å². The number of hydrogen-bond donors (Lipinski definition) is 0. The molecule has 170 valence electrons. The highest BCUT2D eigenvalue weighted by Crippen LogP contribution is 2.42. The molecule has 1 aliphatic heterocycles. The molecule has 0 bridgehead atoms. The van der Waals surface area contributed by atoms with Gasteiger partial charge in [-0.3, -0.25) is 14.5 Å².